The number of aromatic nitrogens is 2. The van der Waals surface area contributed by atoms with Crippen LogP contribution in [0.2, 0.25) is 0 Å². The lowest BCUT2D eigenvalue weighted by molar-refractivity contribution is -0.134. The maximum atomic E-state index is 12.3. The molecule has 2 aromatic rings. The molecule has 32 heavy (non-hydrogen) atoms. The summed E-state index contributed by atoms with van der Waals surface area (Å²) < 4.78 is 1.85. The van der Waals surface area contributed by atoms with Gasteiger partial charge >= 0.3 is 0 Å². The van der Waals surface area contributed by atoms with Crippen molar-refractivity contribution in [1.29, 1.82) is 0 Å². The molecule has 3 fully saturated rings. The number of benzene rings is 1. The number of amides is 2. The van der Waals surface area contributed by atoms with E-state index in [1.807, 2.05) is 11.7 Å². The number of carbonyl (C=O) groups excluding carboxylic acids is 2. The van der Waals surface area contributed by atoms with Gasteiger partial charge < -0.3 is 10.2 Å². The van der Waals surface area contributed by atoms with E-state index in [1.54, 1.807) is 0 Å². The number of hydrogen-bond acceptors (Lipinski definition) is 5. The van der Waals surface area contributed by atoms with Gasteiger partial charge in [0, 0.05) is 50.2 Å². The lowest BCUT2D eigenvalue weighted by atomic mass is 9.88. The zero-order valence-corrected chi connectivity index (χ0v) is 19.1. The third kappa shape index (κ3) is 4.53. The highest BCUT2D eigenvalue weighted by Gasteiger charge is 2.31. The van der Waals surface area contributed by atoms with Gasteiger partial charge in [0.25, 0.3) is 0 Å². The van der Waals surface area contributed by atoms with E-state index in [9.17, 15) is 9.59 Å². The molecule has 2 N–H and O–H groups in total. The fourth-order valence-corrected chi connectivity index (χ4v) is 5.82. The average molecular weight is 438 g/mol. The molecule has 2 aliphatic heterocycles. The van der Waals surface area contributed by atoms with Gasteiger partial charge in [-0.1, -0.05) is 19.3 Å². The van der Waals surface area contributed by atoms with Crippen molar-refractivity contribution in [2.24, 2.45) is 13.0 Å². The minimum atomic E-state index is -0.358. The van der Waals surface area contributed by atoms with Gasteiger partial charge in [0.05, 0.1) is 17.1 Å². The van der Waals surface area contributed by atoms with Crippen LogP contribution in [0.5, 0.6) is 0 Å². The number of nitrogens with one attached hydrogen (secondary N) is 2. The Morgan fingerprint density at radius 1 is 1.06 bits per heavy atom. The average Bonchev–Trinajstić information content (AvgIpc) is 3.11. The first-order chi connectivity index (χ1) is 15.6. The Kier molecular flexibility index (Phi) is 6.17. The Morgan fingerprint density at radius 3 is 2.59 bits per heavy atom. The van der Waals surface area contributed by atoms with Crippen LogP contribution in [0.4, 0.5) is 5.69 Å². The molecule has 2 amide bonds. The molecule has 1 aromatic heterocycles. The zero-order valence-electron chi connectivity index (χ0n) is 19.1. The molecule has 1 aliphatic carbocycles. The van der Waals surface area contributed by atoms with Crippen LogP contribution in [-0.4, -0.2) is 52.2 Å². The third-order valence-corrected chi connectivity index (χ3v) is 7.65. The van der Waals surface area contributed by atoms with Crippen LogP contribution in [0.25, 0.3) is 10.9 Å². The summed E-state index contributed by atoms with van der Waals surface area (Å²) in [4.78, 5) is 26.5. The Hall–Kier alpha value is -2.41. The van der Waals surface area contributed by atoms with Crippen molar-refractivity contribution in [3.05, 3.63) is 23.9 Å². The summed E-state index contributed by atoms with van der Waals surface area (Å²) in [6.07, 6.45) is 10.4. The highest BCUT2D eigenvalue weighted by Crippen LogP contribution is 2.32. The Balaban J connectivity index is 1.22. The molecule has 0 bridgehead atoms. The maximum Gasteiger partial charge on any atom is 0.235 e. The highest BCUT2D eigenvalue weighted by molar-refractivity contribution is 6.02. The van der Waals surface area contributed by atoms with Gasteiger partial charge in [0.1, 0.15) is 0 Å². The molecule has 1 saturated carbocycles. The fourth-order valence-electron chi connectivity index (χ4n) is 5.82. The van der Waals surface area contributed by atoms with Gasteiger partial charge in [-0.2, -0.15) is 5.10 Å². The Bertz CT molecular complexity index is 986. The summed E-state index contributed by atoms with van der Waals surface area (Å²) >= 11 is 0. The van der Waals surface area contributed by atoms with Gasteiger partial charge in [-0.05, 0) is 56.2 Å². The normalized spacial score (nSPS) is 24.1. The number of anilines is 1. The standard InChI is InChI=1S/C25H35N5O2/c1-29-22-15-19(7-8-20(22)24(28-29)21-9-10-23(31)27-25(21)32)26-18-11-13-30(14-12-18)16-17-5-3-2-4-6-17/h7-8,15,17-18,21,26H,2-6,9-14,16H2,1H3,(H,27,31,32). The lowest BCUT2D eigenvalue weighted by Gasteiger charge is -2.36. The second-order valence-electron chi connectivity index (χ2n) is 9.97. The monoisotopic (exact) mass is 437 g/mol. The number of hydrogen-bond donors (Lipinski definition) is 2. The van der Waals surface area contributed by atoms with E-state index < -0.39 is 0 Å². The first kappa shape index (κ1) is 21.4. The summed E-state index contributed by atoms with van der Waals surface area (Å²) in [6, 6.07) is 6.82. The summed E-state index contributed by atoms with van der Waals surface area (Å²) in [5, 5.41) is 11.8. The van der Waals surface area contributed by atoms with Crippen LogP contribution >= 0.6 is 0 Å². The number of imide groups is 1. The summed E-state index contributed by atoms with van der Waals surface area (Å²) in [7, 11) is 1.92. The molecule has 7 heteroatoms. The number of fused-ring (bicyclic) bond motifs is 1. The molecular weight excluding hydrogens is 402 g/mol. The van der Waals surface area contributed by atoms with Gasteiger partial charge in [-0.3, -0.25) is 19.6 Å². The first-order valence-electron chi connectivity index (χ1n) is 12.4. The molecule has 5 rings (SSSR count). The molecule has 7 nitrogen and oxygen atoms in total. The summed E-state index contributed by atoms with van der Waals surface area (Å²) in [6.45, 7) is 3.65. The predicted octanol–water partition coefficient (Wildman–Crippen LogP) is 3.55. The fraction of sp³-hybridized carbons (Fsp3) is 0.640. The minimum Gasteiger partial charge on any atom is -0.382 e. The minimum absolute atomic E-state index is 0.192. The van der Waals surface area contributed by atoms with E-state index in [-0.39, 0.29) is 17.7 Å². The van der Waals surface area contributed by atoms with E-state index in [0.29, 0.717) is 18.9 Å². The van der Waals surface area contributed by atoms with Crippen molar-refractivity contribution in [3.63, 3.8) is 0 Å². The second-order valence-corrected chi connectivity index (χ2v) is 9.97. The molecule has 3 aliphatic rings. The SMILES string of the molecule is Cn1nc(C2CCC(=O)NC2=O)c2ccc(NC3CCN(CC4CCCCC4)CC3)cc21. The van der Waals surface area contributed by atoms with Gasteiger partial charge in [0.15, 0.2) is 0 Å². The lowest BCUT2D eigenvalue weighted by Crippen LogP contribution is -2.41. The number of aryl methyl sites for hydroxylation is 1. The van der Waals surface area contributed by atoms with E-state index >= 15 is 0 Å². The van der Waals surface area contributed by atoms with Crippen LogP contribution in [-0.2, 0) is 16.6 Å². The van der Waals surface area contributed by atoms with Crippen molar-refractivity contribution in [2.75, 3.05) is 25.0 Å². The summed E-state index contributed by atoms with van der Waals surface area (Å²) in [5.74, 6) is 0.133. The van der Waals surface area contributed by atoms with Crippen molar-refractivity contribution < 1.29 is 9.59 Å². The van der Waals surface area contributed by atoms with E-state index in [4.69, 9.17) is 0 Å². The molecular formula is C25H35N5O2. The molecule has 3 heterocycles. The largest absolute Gasteiger partial charge is 0.382 e. The first-order valence-corrected chi connectivity index (χ1v) is 12.4. The molecule has 0 spiro atoms. The van der Waals surface area contributed by atoms with Crippen LogP contribution in [0.1, 0.15) is 69.4 Å². The number of carbonyl (C=O) groups is 2. The smallest absolute Gasteiger partial charge is 0.235 e. The van der Waals surface area contributed by atoms with Crippen LogP contribution < -0.4 is 10.6 Å². The Labute approximate surface area is 189 Å². The number of likely N-dealkylation sites (tertiary alicyclic amines) is 1. The second kappa shape index (κ2) is 9.22. The van der Waals surface area contributed by atoms with Crippen molar-refractivity contribution in [3.8, 4) is 0 Å². The van der Waals surface area contributed by atoms with Crippen molar-refractivity contribution in [2.45, 2.75) is 69.7 Å². The van der Waals surface area contributed by atoms with Crippen molar-refractivity contribution >= 4 is 28.4 Å². The van der Waals surface area contributed by atoms with Crippen LogP contribution in [0, 0.1) is 5.92 Å². The van der Waals surface area contributed by atoms with Crippen LogP contribution in [0.3, 0.4) is 0 Å². The highest BCUT2D eigenvalue weighted by atomic mass is 16.2. The van der Waals surface area contributed by atoms with Gasteiger partial charge in [-0.15, -0.1) is 0 Å². The van der Waals surface area contributed by atoms with E-state index in [2.05, 4.69) is 38.8 Å². The van der Waals surface area contributed by atoms with Gasteiger partial charge in [0.2, 0.25) is 11.8 Å². The molecule has 1 atom stereocenters. The molecule has 2 saturated heterocycles. The number of rotatable bonds is 5. The quantitative estimate of drug-likeness (QED) is 0.700. The van der Waals surface area contributed by atoms with Crippen LogP contribution in [0.15, 0.2) is 18.2 Å². The van der Waals surface area contributed by atoms with E-state index in [0.717, 1.165) is 28.2 Å². The molecule has 1 unspecified atom stereocenters. The summed E-state index contributed by atoms with van der Waals surface area (Å²) in [5.41, 5.74) is 2.90. The molecule has 172 valence electrons. The predicted molar refractivity (Wildman–Crippen MR) is 125 cm³/mol. The Morgan fingerprint density at radius 2 is 1.84 bits per heavy atom. The number of piperidine rings is 2. The third-order valence-electron chi connectivity index (χ3n) is 7.65. The molecule has 1 aromatic carbocycles. The number of nitrogens with zero attached hydrogens (tertiary/aromatic N) is 3. The zero-order chi connectivity index (χ0) is 22.1. The van der Waals surface area contributed by atoms with Crippen molar-refractivity contribution in [1.82, 2.24) is 20.0 Å². The van der Waals surface area contributed by atoms with E-state index in [1.165, 1.54) is 64.6 Å². The topological polar surface area (TPSA) is 79.3 Å². The van der Waals surface area contributed by atoms with Gasteiger partial charge in [-0.25, -0.2) is 0 Å². The maximum absolute atomic E-state index is 12.3. The molecule has 0 radical (unpaired) electrons.